The van der Waals surface area contributed by atoms with E-state index in [1.165, 1.54) is 4.90 Å². The number of nitrogens with zero attached hydrogens (tertiary/aromatic N) is 1. The summed E-state index contributed by atoms with van der Waals surface area (Å²) in [4.78, 5) is 29.3. The number of ketones is 1. The number of anilines is 2. The van der Waals surface area contributed by atoms with Crippen molar-refractivity contribution in [3.63, 3.8) is 0 Å². The van der Waals surface area contributed by atoms with E-state index >= 15 is 0 Å². The van der Waals surface area contributed by atoms with Crippen LogP contribution in [0.2, 0.25) is 5.02 Å². The summed E-state index contributed by atoms with van der Waals surface area (Å²) in [6.07, 6.45) is 0. The summed E-state index contributed by atoms with van der Waals surface area (Å²) in [5, 5.41) is 3.38. The Labute approximate surface area is 198 Å². The summed E-state index contributed by atoms with van der Waals surface area (Å²) in [7, 11) is 1.66. The molecule has 0 aliphatic carbocycles. The molecule has 170 valence electrons. The molecule has 0 saturated carbocycles. The molecule has 33 heavy (non-hydrogen) atoms. The van der Waals surface area contributed by atoms with Crippen molar-refractivity contribution in [3.8, 4) is 5.75 Å². The maximum Gasteiger partial charge on any atom is 0.279 e. The Kier molecular flexibility index (Phi) is 7.27. The van der Waals surface area contributed by atoms with Crippen molar-refractivity contribution in [2.24, 2.45) is 0 Å². The van der Waals surface area contributed by atoms with Crippen LogP contribution in [0.5, 0.6) is 5.75 Å². The molecular weight excluding hydrogens is 438 g/mol. The number of rotatable bonds is 7. The molecule has 0 aromatic heterocycles. The average Bonchev–Trinajstić information content (AvgIpc) is 2.86. The third kappa shape index (κ3) is 5.72. The topological polar surface area (TPSA) is 63.1 Å². The van der Waals surface area contributed by atoms with Crippen LogP contribution in [0.4, 0.5) is 11.4 Å². The quantitative estimate of drug-likeness (QED) is 0.528. The van der Waals surface area contributed by atoms with Crippen molar-refractivity contribution in [3.05, 3.63) is 88.9 Å². The molecule has 0 unspecified atom stereocenters. The van der Waals surface area contributed by atoms with E-state index in [1.807, 2.05) is 30.3 Å². The zero-order valence-corrected chi connectivity index (χ0v) is 19.3. The van der Waals surface area contributed by atoms with Gasteiger partial charge in [-0.3, -0.25) is 9.59 Å². The molecule has 0 spiro atoms. The summed E-state index contributed by atoms with van der Waals surface area (Å²) in [6, 6.07) is 22.0. The van der Waals surface area contributed by atoms with Gasteiger partial charge in [0.25, 0.3) is 5.91 Å². The molecular formula is C26H27ClN3O3+. The van der Waals surface area contributed by atoms with Crippen molar-refractivity contribution >= 4 is 34.7 Å². The number of nitrogens with one attached hydrogen (secondary N) is 2. The molecule has 1 saturated heterocycles. The Morgan fingerprint density at radius 1 is 1.00 bits per heavy atom. The summed E-state index contributed by atoms with van der Waals surface area (Å²) in [5.41, 5.74) is 2.58. The number of hydrogen-bond acceptors (Lipinski definition) is 4. The van der Waals surface area contributed by atoms with Crippen molar-refractivity contribution in [2.75, 3.05) is 50.1 Å². The van der Waals surface area contributed by atoms with Gasteiger partial charge in [-0.15, -0.1) is 0 Å². The maximum absolute atomic E-state index is 13.0. The lowest BCUT2D eigenvalue weighted by Gasteiger charge is -2.33. The van der Waals surface area contributed by atoms with Crippen LogP contribution in [-0.4, -0.2) is 51.5 Å². The van der Waals surface area contributed by atoms with Crippen LogP contribution < -0.4 is 19.9 Å². The molecule has 1 heterocycles. The molecule has 0 radical (unpaired) electrons. The fourth-order valence-electron chi connectivity index (χ4n) is 4.03. The fourth-order valence-corrected chi connectivity index (χ4v) is 4.20. The molecule has 2 N–H and O–H groups in total. The maximum atomic E-state index is 13.0. The highest BCUT2D eigenvalue weighted by atomic mass is 35.5. The number of carbonyl (C=O) groups excluding carboxylic acids is 2. The molecule has 4 rings (SSSR count). The first-order chi connectivity index (χ1) is 16.0. The van der Waals surface area contributed by atoms with Crippen LogP contribution in [0, 0.1) is 0 Å². The fraction of sp³-hybridized carbons (Fsp3) is 0.231. The molecule has 3 aromatic carbocycles. The van der Waals surface area contributed by atoms with Gasteiger partial charge < -0.3 is 19.9 Å². The first-order valence-electron chi connectivity index (χ1n) is 10.9. The summed E-state index contributed by atoms with van der Waals surface area (Å²) in [5.74, 6) is 0.549. The monoisotopic (exact) mass is 464 g/mol. The van der Waals surface area contributed by atoms with Crippen molar-refractivity contribution in [1.82, 2.24) is 0 Å². The zero-order valence-electron chi connectivity index (χ0n) is 18.5. The minimum Gasteiger partial charge on any atom is -0.497 e. The number of hydrogen-bond donors (Lipinski definition) is 2. The van der Waals surface area contributed by atoms with Crippen LogP contribution >= 0.6 is 11.6 Å². The van der Waals surface area contributed by atoms with Gasteiger partial charge in [-0.1, -0.05) is 41.9 Å². The van der Waals surface area contributed by atoms with Crippen LogP contribution in [0.1, 0.15) is 15.9 Å². The third-order valence-electron chi connectivity index (χ3n) is 5.85. The van der Waals surface area contributed by atoms with Gasteiger partial charge in [0.15, 0.2) is 12.3 Å². The van der Waals surface area contributed by atoms with Gasteiger partial charge in [0.1, 0.15) is 5.75 Å². The van der Waals surface area contributed by atoms with E-state index in [2.05, 4.69) is 22.3 Å². The Hall–Kier alpha value is -3.35. The molecule has 7 heteroatoms. The standard InChI is InChI=1S/C26H26ClN3O3/c1-33-22-10-8-21(9-11-22)30-15-13-29(14-16-30)18-25(31)28-24-12-7-20(27)17-23(24)26(32)19-5-3-2-4-6-19/h2-12,17H,13-16,18H2,1H3,(H,28,31)/p+1. The smallest absolute Gasteiger partial charge is 0.279 e. The van der Waals surface area contributed by atoms with Crippen molar-refractivity contribution in [1.29, 1.82) is 0 Å². The second kappa shape index (κ2) is 10.5. The van der Waals surface area contributed by atoms with Crippen LogP contribution in [-0.2, 0) is 4.79 Å². The van der Waals surface area contributed by atoms with Gasteiger partial charge in [-0.2, -0.15) is 0 Å². The summed E-state index contributed by atoms with van der Waals surface area (Å²) < 4.78 is 5.23. The van der Waals surface area contributed by atoms with E-state index in [9.17, 15) is 9.59 Å². The average molecular weight is 465 g/mol. The first kappa shape index (κ1) is 22.8. The highest BCUT2D eigenvalue weighted by Crippen LogP contribution is 2.24. The Balaban J connectivity index is 1.36. The number of piperazine rings is 1. The lowest BCUT2D eigenvalue weighted by molar-refractivity contribution is -0.892. The molecule has 3 aromatic rings. The number of amides is 1. The first-order valence-corrected chi connectivity index (χ1v) is 11.3. The van der Waals surface area contributed by atoms with E-state index in [0.717, 1.165) is 37.6 Å². The third-order valence-corrected chi connectivity index (χ3v) is 6.09. The number of quaternary nitrogens is 1. The minimum atomic E-state index is -0.172. The molecule has 1 amide bonds. The number of halogens is 1. The molecule has 1 aliphatic rings. The van der Waals surface area contributed by atoms with Crippen LogP contribution in [0.25, 0.3) is 0 Å². The Morgan fingerprint density at radius 2 is 1.70 bits per heavy atom. The number of carbonyl (C=O) groups is 2. The lowest BCUT2D eigenvalue weighted by atomic mass is 10.0. The lowest BCUT2D eigenvalue weighted by Crippen LogP contribution is -3.15. The highest BCUT2D eigenvalue weighted by molar-refractivity contribution is 6.31. The number of methoxy groups -OCH3 is 1. The van der Waals surface area contributed by atoms with Gasteiger partial charge in [0.05, 0.1) is 39.0 Å². The molecule has 1 aliphatic heterocycles. The summed E-state index contributed by atoms with van der Waals surface area (Å²) >= 11 is 6.14. The van der Waals surface area contributed by atoms with E-state index in [4.69, 9.17) is 16.3 Å². The van der Waals surface area contributed by atoms with Gasteiger partial charge in [0.2, 0.25) is 0 Å². The normalized spacial score (nSPS) is 14.1. The Morgan fingerprint density at radius 3 is 2.36 bits per heavy atom. The van der Waals surface area contributed by atoms with E-state index in [0.29, 0.717) is 28.4 Å². The van der Waals surface area contributed by atoms with Crippen LogP contribution in [0.15, 0.2) is 72.8 Å². The van der Waals surface area contributed by atoms with Crippen LogP contribution in [0.3, 0.4) is 0 Å². The predicted octanol–water partition coefficient (Wildman–Crippen LogP) is 2.92. The minimum absolute atomic E-state index is 0.118. The second-order valence-electron chi connectivity index (χ2n) is 8.05. The predicted molar refractivity (Wildman–Crippen MR) is 131 cm³/mol. The molecule has 6 nitrogen and oxygen atoms in total. The molecule has 1 fully saturated rings. The van der Waals surface area contributed by atoms with Gasteiger partial charge in [-0.25, -0.2) is 0 Å². The molecule has 0 atom stereocenters. The summed E-state index contributed by atoms with van der Waals surface area (Å²) in [6.45, 7) is 3.80. The number of benzene rings is 3. The zero-order chi connectivity index (χ0) is 23.2. The highest BCUT2D eigenvalue weighted by Gasteiger charge is 2.23. The SMILES string of the molecule is COc1ccc(N2CC[NH+](CC(=O)Nc3ccc(Cl)cc3C(=O)c3ccccc3)CC2)cc1. The van der Waals surface area contributed by atoms with Crippen molar-refractivity contribution < 1.29 is 19.2 Å². The number of ether oxygens (including phenoxy) is 1. The van der Waals surface area contributed by atoms with Gasteiger partial charge in [0, 0.05) is 21.8 Å². The van der Waals surface area contributed by atoms with Gasteiger partial charge in [-0.05, 0) is 42.5 Å². The Bertz CT molecular complexity index is 1110. The largest absolute Gasteiger partial charge is 0.497 e. The second-order valence-corrected chi connectivity index (χ2v) is 8.48. The van der Waals surface area contributed by atoms with Gasteiger partial charge >= 0.3 is 0 Å². The molecule has 0 bridgehead atoms. The van der Waals surface area contributed by atoms with E-state index < -0.39 is 0 Å². The van der Waals surface area contributed by atoms with E-state index in [1.54, 1.807) is 37.4 Å². The van der Waals surface area contributed by atoms with E-state index in [-0.39, 0.29) is 11.7 Å². The van der Waals surface area contributed by atoms with Crippen molar-refractivity contribution in [2.45, 2.75) is 0 Å².